The predicted molar refractivity (Wildman–Crippen MR) is 112 cm³/mol. The van der Waals surface area contributed by atoms with Gasteiger partial charge in [0.15, 0.2) is 5.70 Å². The minimum atomic E-state index is -0.555. The number of halogens is 4. The van der Waals surface area contributed by atoms with Crippen molar-refractivity contribution in [2.75, 3.05) is 0 Å². The van der Waals surface area contributed by atoms with Crippen molar-refractivity contribution in [1.82, 2.24) is 0 Å². The minimum Gasteiger partial charge on any atom is -0.401 e. The van der Waals surface area contributed by atoms with Crippen LogP contribution in [0.4, 0.5) is 0 Å². The second-order valence-electron chi connectivity index (χ2n) is 5.39. The average molecular weight is 488 g/mol. The van der Waals surface area contributed by atoms with Gasteiger partial charge in [0.2, 0.25) is 5.90 Å². The van der Waals surface area contributed by atoms with Crippen molar-refractivity contribution in [1.29, 1.82) is 0 Å². The SMILES string of the molecule is O=C1OC(c2sc3cc(Br)ccc3c2Cl)=N/C1=C/c1ccc(Cl)cc1Cl. The third-order valence-electron chi connectivity index (χ3n) is 3.66. The van der Waals surface area contributed by atoms with E-state index in [1.165, 1.54) is 11.3 Å². The van der Waals surface area contributed by atoms with Crippen LogP contribution in [0.1, 0.15) is 10.4 Å². The number of aliphatic imine (C=N–C) groups is 1. The minimum absolute atomic E-state index is 0.152. The van der Waals surface area contributed by atoms with Crippen LogP contribution in [-0.4, -0.2) is 11.9 Å². The van der Waals surface area contributed by atoms with Gasteiger partial charge in [-0.1, -0.05) is 62.9 Å². The number of carbonyl (C=O) groups excluding carboxylic acids is 1. The van der Waals surface area contributed by atoms with Gasteiger partial charge in [0.1, 0.15) is 4.88 Å². The molecule has 1 aliphatic rings. The Morgan fingerprint density at radius 1 is 1.12 bits per heavy atom. The molecule has 0 aliphatic carbocycles. The number of cyclic esters (lactones) is 1. The molecule has 0 saturated heterocycles. The molecule has 0 saturated carbocycles. The maximum Gasteiger partial charge on any atom is 0.363 e. The highest BCUT2D eigenvalue weighted by Crippen LogP contribution is 2.38. The van der Waals surface area contributed by atoms with E-state index in [0.717, 1.165) is 14.6 Å². The van der Waals surface area contributed by atoms with E-state index >= 15 is 0 Å². The molecule has 2 aromatic carbocycles. The standard InChI is InChI=1S/C18H7BrCl3NO2S/c19-9-2-4-11-14(6-9)26-16(15(11)22)17-23-13(18(24)25-17)5-8-1-3-10(20)7-12(8)21/h1-7H/b13-5+. The molecular formula is C18H7BrCl3NO2S. The van der Waals surface area contributed by atoms with Gasteiger partial charge in [0, 0.05) is 24.6 Å². The first kappa shape index (κ1) is 18.0. The smallest absolute Gasteiger partial charge is 0.363 e. The topological polar surface area (TPSA) is 38.7 Å². The fraction of sp³-hybridized carbons (Fsp3) is 0. The molecule has 26 heavy (non-hydrogen) atoms. The zero-order valence-corrected chi connectivity index (χ0v) is 17.4. The Bertz CT molecular complexity index is 1140. The Balaban J connectivity index is 1.77. The van der Waals surface area contributed by atoms with Gasteiger partial charge in [0.05, 0.1) is 5.02 Å². The maximum absolute atomic E-state index is 12.2. The highest BCUT2D eigenvalue weighted by atomic mass is 79.9. The highest BCUT2D eigenvalue weighted by Gasteiger charge is 2.28. The first-order valence-corrected chi connectivity index (χ1v) is 10.0. The number of rotatable bonds is 2. The Kier molecular flexibility index (Phi) is 4.84. The van der Waals surface area contributed by atoms with Gasteiger partial charge in [-0.3, -0.25) is 0 Å². The Hall–Kier alpha value is -1.37. The van der Waals surface area contributed by atoms with Gasteiger partial charge in [-0.2, -0.15) is 0 Å². The largest absolute Gasteiger partial charge is 0.401 e. The molecule has 3 nitrogen and oxygen atoms in total. The third-order valence-corrected chi connectivity index (χ3v) is 6.36. The van der Waals surface area contributed by atoms with E-state index in [0.29, 0.717) is 25.5 Å². The van der Waals surface area contributed by atoms with Crippen LogP contribution in [0, 0.1) is 0 Å². The molecule has 2 heterocycles. The van der Waals surface area contributed by atoms with Crippen molar-refractivity contribution in [3.8, 4) is 0 Å². The molecule has 3 aromatic rings. The van der Waals surface area contributed by atoms with E-state index in [2.05, 4.69) is 20.9 Å². The zero-order valence-electron chi connectivity index (χ0n) is 12.7. The molecule has 0 spiro atoms. The summed E-state index contributed by atoms with van der Waals surface area (Å²) in [5.41, 5.74) is 0.776. The molecule has 0 unspecified atom stereocenters. The third kappa shape index (κ3) is 3.30. The lowest BCUT2D eigenvalue weighted by Crippen LogP contribution is -2.04. The van der Waals surface area contributed by atoms with Crippen LogP contribution in [-0.2, 0) is 9.53 Å². The number of benzene rings is 2. The number of hydrogen-bond donors (Lipinski definition) is 0. The first-order chi connectivity index (χ1) is 12.4. The Morgan fingerprint density at radius 2 is 1.92 bits per heavy atom. The summed E-state index contributed by atoms with van der Waals surface area (Å²) in [6, 6.07) is 10.8. The first-order valence-electron chi connectivity index (χ1n) is 7.28. The number of thiophene rings is 1. The number of nitrogens with zero attached hydrogens (tertiary/aromatic N) is 1. The van der Waals surface area contributed by atoms with Crippen molar-refractivity contribution in [2.24, 2.45) is 4.99 Å². The summed E-state index contributed by atoms with van der Waals surface area (Å²) < 4.78 is 7.24. The monoisotopic (exact) mass is 485 g/mol. The van der Waals surface area contributed by atoms with Gasteiger partial charge >= 0.3 is 5.97 Å². The van der Waals surface area contributed by atoms with Crippen molar-refractivity contribution in [3.63, 3.8) is 0 Å². The molecule has 0 bridgehead atoms. The normalized spacial score (nSPS) is 15.6. The van der Waals surface area contributed by atoms with Crippen LogP contribution in [0.2, 0.25) is 15.1 Å². The molecule has 1 aliphatic heterocycles. The molecule has 1 aromatic heterocycles. The number of carbonyl (C=O) groups is 1. The van der Waals surface area contributed by atoms with E-state index < -0.39 is 5.97 Å². The van der Waals surface area contributed by atoms with Crippen LogP contribution in [0.25, 0.3) is 16.2 Å². The van der Waals surface area contributed by atoms with Gasteiger partial charge in [-0.25, -0.2) is 9.79 Å². The van der Waals surface area contributed by atoms with Crippen LogP contribution < -0.4 is 0 Å². The summed E-state index contributed by atoms with van der Waals surface area (Å²) in [5, 5.41) is 2.33. The van der Waals surface area contributed by atoms with Crippen LogP contribution in [0.3, 0.4) is 0 Å². The second kappa shape index (κ2) is 6.98. The number of ether oxygens (including phenoxy) is 1. The van der Waals surface area contributed by atoms with E-state index in [-0.39, 0.29) is 11.6 Å². The molecule has 0 atom stereocenters. The molecule has 130 valence electrons. The fourth-order valence-electron chi connectivity index (χ4n) is 2.45. The van der Waals surface area contributed by atoms with Crippen LogP contribution >= 0.6 is 62.1 Å². The summed E-state index contributed by atoms with van der Waals surface area (Å²) >= 11 is 23.3. The number of esters is 1. The lowest BCUT2D eigenvalue weighted by atomic mass is 10.2. The summed E-state index contributed by atoms with van der Waals surface area (Å²) in [6.45, 7) is 0. The van der Waals surface area contributed by atoms with Crippen LogP contribution in [0.15, 0.2) is 51.6 Å². The number of fused-ring (bicyclic) bond motifs is 1. The van der Waals surface area contributed by atoms with Crippen molar-refractivity contribution >= 4 is 90.1 Å². The molecule has 0 amide bonds. The average Bonchev–Trinajstić information content (AvgIpc) is 3.10. The Morgan fingerprint density at radius 3 is 2.69 bits per heavy atom. The van der Waals surface area contributed by atoms with Crippen molar-refractivity contribution in [3.05, 3.63) is 72.1 Å². The van der Waals surface area contributed by atoms with Gasteiger partial charge < -0.3 is 4.74 Å². The molecule has 0 N–H and O–H groups in total. The molecule has 8 heteroatoms. The van der Waals surface area contributed by atoms with Crippen molar-refractivity contribution in [2.45, 2.75) is 0 Å². The van der Waals surface area contributed by atoms with E-state index in [4.69, 9.17) is 39.5 Å². The molecule has 4 rings (SSSR count). The van der Waals surface area contributed by atoms with E-state index in [1.807, 2.05) is 18.2 Å². The lowest BCUT2D eigenvalue weighted by Gasteiger charge is -1.98. The van der Waals surface area contributed by atoms with Crippen LogP contribution in [0.5, 0.6) is 0 Å². The maximum atomic E-state index is 12.2. The Labute approximate surface area is 176 Å². The number of hydrogen-bond acceptors (Lipinski definition) is 4. The molecular weight excluding hydrogens is 481 g/mol. The highest BCUT2D eigenvalue weighted by molar-refractivity contribution is 9.10. The molecule has 0 radical (unpaired) electrons. The second-order valence-corrected chi connectivity index (χ2v) is 8.58. The van der Waals surface area contributed by atoms with Gasteiger partial charge in [-0.15, -0.1) is 11.3 Å². The van der Waals surface area contributed by atoms with Crippen molar-refractivity contribution < 1.29 is 9.53 Å². The summed E-state index contributed by atoms with van der Waals surface area (Å²) in [7, 11) is 0. The lowest BCUT2D eigenvalue weighted by molar-refractivity contribution is -0.129. The summed E-state index contributed by atoms with van der Waals surface area (Å²) in [5.74, 6) is -0.366. The summed E-state index contributed by atoms with van der Waals surface area (Å²) in [4.78, 5) is 17.1. The zero-order chi connectivity index (χ0) is 18.4. The summed E-state index contributed by atoms with van der Waals surface area (Å²) in [6.07, 6.45) is 1.56. The quantitative estimate of drug-likeness (QED) is 0.289. The van der Waals surface area contributed by atoms with Gasteiger partial charge in [0.25, 0.3) is 0 Å². The van der Waals surface area contributed by atoms with E-state index in [9.17, 15) is 4.79 Å². The van der Waals surface area contributed by atoms with Gasteiger partial charge in [-0.05, 0) is 35.9 Å². The fourth-order valence-corrected chi connectivity index (χ4v) is 4.90. The van der Waals surface area contributed by atoms with E-state index in [1.54, 1.807) is 24.3 Å². The molecule has 0 fully saturated rings. The predicted octanol–water partition coefficient (Wildman–Crippen LogP) is 6.97.